The Bertz CT molecular complexity index is 685. The molecule has 1 fully saturated rings. The summed E-state index contributed by atoms with van der Waals surface area (Å²) in [5.74, 6) is 0.0499. The van der Waals surface area contributed by atoms with Crippen molar-refractivity contribution in [3.8, 4) is 0 Å². The summed E-state index contributed by atoms with van der Waals surface area (Å²) in [5.41, 5.74) is 0. The van der Waals surface area contributed by atoms with Gasteiger partial charge in [-0.25, -0.2) is 0 Å². The largest absolute Gasteiger partial charge is 0.298 e. The number of carbonyl (C=O) groups is 1. The minimum Gasteiger partial charge on any atom is -0.298 e. The first-order chi connectivity index (χ1) is 11.1. The molecule has 5 nitrogen and oxygen atoms in total. The molecule has 7 heteroatoms. The average molecular weight is 418 g/mol. The van der Waals surface area contributed by atoms with Gasteiger partial charge in [0.15, 0.2) is 5.78 Å². The van der Waals surface area contributed by atoms with E-state index < -0.39 is 16.2 Å². The van der Waals surface area contributed by atoms with Crippen LogP contribution in [-0.4, -0.2) is 43.8 Å². The number of ketones is 1. The molecule has 0 radical (unpaired) electrons. The molecule has 2 atom stereocenters. The molecule has 0 aliphatic carbocycles. The van der Waals surface area contributed by atoms with Crippen LogP contribution in [0.25, 0.3) is 0 Å². The molecule has 2 rings (SSSR count). The first-order valence-electron chi connectivity index (χ1n) is 8.10. The fraction of sp³-hybridized carbons (Fsp3) is 0.588. The number of hydrogen-bond donors (Lipinski definition) is 0. The van der Waals surface area contributed by atoms with Gasteiger partial charge in [-0.2, -0.15) is 8.42 Å². The van der Waals surface area contributed by atoms with E-state index in [9.17, 15) is 13.2 Å². The minimum atomic E-state index is -3.84. The average Bonchev–Trinajstić information content (AvgIpc) is 2.90. The van der Waals surface area contributed by atoms with Gasteiger partial charge >= 0.3 is 0 Å². The molecule has 0 spiro atoms. The fourth-order valence-electron chi connectivity index (χ4n) is 2.96. The van der Waals surface area contributed by atoms with E-state index in [1.807, 2.05) is 32.6 Å². The normalized spacial score (nSPS) is 22.5. The summed E-state index contributed by atoms with van der Waals surface area (Å²) in [6.45, 7) is 8.19. The first kappa shape index (κ1) is 19.6. The fourth-order valence-corrected chi connectivity index (χ4v) is 4.30. The number of Topliss-reactive ketones (excluding diaryl/α,β-unsaturated/α-hetero) is 1. The van der Waals surface area contributed by atoms with Crippen molar-refractivity contribution in [3.63, 3.8) is 0 Å². The van der Waals surface area contributed by atoms with Gasteiger partial charge in [-0.15, -0.1) is 0 Å². The maximum Gasteiger partial charge on any atom is 0.297 e. The van der Waals surface area contributed by atoms with Crippen LogP contribution in [0.4, 0.5) is 0 Å². The molecule has 0 bridgehead atoms. The zero-order valence-electron chi connectivity index (χ0n) is 14.4. The number of likely N-dealkylation sites (tertiary alicyclic amines) is 1. The zero-order valence-corrected chi connectivity index (χ0v) is 16.8. The summed E-state index contributed by atoms with van der Waals surface area (Å²) >= 11 is 3.28. The SMILES string of the molecule is CC(C)C(=O)[C@@H]1C[C@H](OS(=O)(=O)c2ccc(Br)cc2)CN1C(C)C. The lowest BCUT2D eigenvalue weighted by Crippen LogP contribution is -2.42. The molecular formula is C17H24BrNO4S. The second kappa shape index (κ2) is 7.64. The van der Waals surface area contributed by atoms with E-state index >= 15 is 0 Å². The Morgan fingerprint density at radius 2 is 1.79 bits per heavy atom. The number of rotatable bonds is 6. The van der Waals surface area contributed by atoms with Crippen molar-refractivity contribution < 1.29 is 17.4 Å². The molecular weight excluding hydrogens is 394 g/mol. The highest BCUT2D eigenvalue weighted by molar-refractivity contribution is 9.10. The minimum absolute atomic E-state index is 0.0851. The predicted octanol–water partition coefficient (Wildman–Crippen LogP) is 3.23. The van der Waals surface area contributed by atoms with Crippen LogP contribution in [0.2, 0.25) is 0 Å². The third-order valence-electron chi connectivity index (χ3n) is 4.23. The maximum atomic E-state index is 12.4. The number of carbonyl (C=O) groups excluding carboxylic acids is 1. The van der Waals surface area contributed by atoms with Crippen molar-refractivity contribution in [2.75, 3.05) is 6.54 Å². The van der Waals surface area contributed by atoms with E-state index in [1.165, 1.54) is 12.1 Å². The monoisotopic (exact) mass is 417 g/mol. The van der Waals surface area contributed by atoms with E-state index in [-0.39, 0.29) is 28.7 Å². The van der Waals surface area contributed by atoms with Crippen LogP contribution in [0.3, 0.4) is 0 Å². The number of hydrogen-bond acceptors (Lipinski definition) is 5. The van der Waals surface area contributed by atoms with Crippen LogP contribution < -0.4 is 0 Å². The molecule has 0 amide bonds. The Morgan fingerprint density at radius 1 is 1.21 bits per heavy atom. The molecule has 0 unspecified atom stereocenters. The highest BCUT2D eigenvalue weighted by atomic mass is 79.9. The molecule has 0 saturated carbocycles. The van der Waals surface area contributed by atoms with Gasteiger partial charge in [0.25, 0.3) is 10.1 Å². The predicted molar refractivity (Wildman–Crippen MR) is 96.3 cm³/mol. The molecule has 0 N–H and O–H groups in total. The molecule has 1 aromatic rings. The summed E-state index contributed by atoms with van der Waals surface area (Å²) < 4.78 is 31.1. The third-order valence-corrected chi connectivity index (χ3v) is 6.13. The highest BCUT2D eigenvalue weighted by Gasteiger charge is 2.41. The van der Waals surface area contributed by atoms with Gasteiger partial charge in [0.1, 0.15) is 0 Å². The molecule has 134 valence electrons. The van der Waals surface area contributed by atoms with Gasteiger partial charge in [-0.1, -0.05) is 29.8 Å². The van der Waals surface area contributed by atoms with Crippen molar-refractivity contribution >= 4 is 31.8 Å². The molecule has 1 aliphatic rings. The van der Waals surface area contributed by atoms with Crippen molar-refractivity contribution in [2.24, 2.45) is 5.92 Å². The van der Waals surface area contributed by atoms with Crippen molar-refractivity contribution in [1.82, 2.24) is 4.90 Å². The summed E-state index contributed by atoms with van der Waals surface area (Å²) in [6, 6.07) is 6.21. The Morgan fingerprint density at radius 3 is 2.29 bits per heavy atom. The lowest BCUT2D eigenvalue weighted by molar-refractivity contribution is -0.126. The molecule has 1 saturated heterocycles. The smallest absolute Gasteiger partial charge is 0.297 e. The van der Waals surface area contributed by atoms with E-state index in [1.54, 1.807) is 12.1 Å². The summed E-state index contributed by atoms with van der Waals surface area (Å²) in [4.78, 5) is 14.6. The van der Waals surface area contributed by atoms with Crippen LogP contribution in [0.5, 0.6) is 0 Å². The van der Waals surface area contributed by atoms with Gasteiger partial charge < -0.3 is 0 Å². The van der Waals surface area contributed by atoms with Gasteiger partial charge in [0, 0.05) is 23.0 Å². The van der Waals surface area contributed by atoms with Crippen molar-refractivity contribution in [1.29, 1.82) is 0 Å². The van der Waals surface area contributed by atoms with E-state index in [4.69, 9.17) is 4.18 Å². The second-order valence-corrected chi connectivity index (χ2v) is 9.21. The summed E-state index contributed by atoms with van der Waals surface area (Å²) in [5, 5.41) is 0. The van der Waals surface area contributed by atoms with Crippen LogP contribution >= 0.6 is 15.9 Å². The topological polar surface area (TPSA) is 63.7 Å². The standard InChI is InChI=1S/C17H24BrNO4S/c1-11(2)17(20)16-9-14(10-19(16)12(3)4)23-24(21,22)15-7-5-13(18)6-8-15/h5-8,11-12,14,16H,9-10H2,1-4H3/t14-,16-/m0/s1. The molecule has 1 heterocycles. The van der Waals surface area contributed by atoms with Gasteiger partial charge in [-0.05, 0) is 44.5 Å². The Labute approximate surface area is 152 Å². The Hall–Kier alpha value is -0.760. The van der Waals surface area contributed by atoms with Crippen LogP contribution in [-0.2, 0) is 19.1 Å². The van der Waals surface area contributed by atoms with Crippen LogP contribution in [0, 0.1) is 5.92 Å². The first-order valence-corrected chi connectivity index (χ1v) is 10.3. The number of nitrogens with zero attached hydrogens (tertiary/aromatic N) is 1. The zero-order chi connectivity index (χ0) is 18.1. The molecule has 1 aromatic carbocycles. The molecule has 1 aliphatic heterocycles. The van der Waals surface area contributed by atoms with Crippen LogP contribution in [0.15, 0.2) is 33.6 Å². The number of benzene rings is 1. The second-order valence-electron chi connectivity index (χ2n) is 6.73. The Kier molecular flexibility index (Phi) is 6.23. The van der Waals surface area contributed by atoms with Crippen molar-refractivity contribution in [3.05, 3.63) is 28.7 Å². The third kappa shape index (κ3) is 4.45. The van der Waals surface area contributed by atoms with Gasteiger partial charge in [0.05, 0.1) is 17.0 Å². The number of halogens is 1. The molecule has 0 aromatic heterocycles. The van der Waals surface area contributed by atoms with Gasteiger partial charge in [0.2, 0.25) is 0 Å². The summed E-state index contributed by atoms with van der Waals surface area (Å²) in [6.07, 6.45) is -0.0981. The van der Waals surface area contributed by atoms with Gasteiger partial charge in [-0.3, -0.25) is 13.9 Å². The van der Waals surface area contributed by atoms with E-state index in [0.717, 1.165) is 4.47 Å². The van der Waals surface area contributed by atoms with Crippen molar-refractivity contribution in [2.45, 2.75) is 57.2 Å². The van der Waals surface area contributed by atoms with E-state index in [0.29, 0.717) is 13.0 Å². The lowest BCUT2D eigenvalue weighted by Gasteiger charge is -2.27. The summed E-state index contributed by atoms with van der Waals surface area (Å²) in [7, 11) is -3.84. The quantitative estimate of drug-likeness (QED) is 0.664. The van der Waals surface area contributed by atoms with E-state index in [2.05, 4.69) is 15.9 Å². The Balaban J connectivity index is 2.15. The maximum absolute atomic E-state index is 12.4. The van der Waals surface area contributed by atoms with Crippen LogP contribution in [0.1, 0.15) is 34.1 Å². The highest BCUT2D eigenvalue weighted by Crippen LogP contribution is 2.28. The lowest BCUT2D eigenvalue weighted by atomic mass is 9.99. The molecule has 24 heavy (non-hydrogen) atoms.